The molecule has 2 atom stereocenters. The number of imidazole rings is 1. The Morgan fingerprint density at radius 1 is 1.05 bits per heavy atom. The number of hydrogen-bond donors (Lipinski definition) is 2. The Morgan fingerprint density at radius 3 is 2.32 bits per heavy atom. The summed E-state index contributed by atoms with van der Waals surface area (Å²) in [5, 5.41) is 24.3. The molecule has 2 heterocycles. The summed E-state index contributed by atoms with van der Waals surface area (Å²) in [7, 11) is 0. The Hall–Kier alpha value is -3.19. The van der Waals surface area contributed by atoms with Crippen molar-refractivity contribution >= 4 is 23.2 Å². The van der Waals surface area contributed by atoms with Crippen molar-refractivity contribution in [1.29, 1.82) is 0 Å². The summed E-state index contributed by atoms with van der Waals surface area (Å²) < 4.78 is 56.4. The van der Waals surface area contributed by atoms with Crippen LogP contribution < -0.4 is 5.69 Å². The predicted molar refractivity (Wildman–Crippen MR) is 127 cm³/mol. The van der Waals surface area contributed by atoms with Crippen molar-refractivity contribution in [2.24, 2.45) is 0 Å². The monoisotopic (exact) mass is 559 g/mol. The summed E-state index contributed by atoms with van der Waals surface area (Å²) in [5.74, 6) is -0.638. The molecule has 196 valence electrons. The molecular weight excluding hydrogens is 541 g/mol. The molecule has 0 aliphatic heterocycles. The molecule has 8 nitrogen and oxygen atoms in total. The number of halogens is 6. The number of benzene rings is 2. The maximum Gasteiger partial charge on any atom is 0.416 e. The summed E-state index contributed by atoms with van der Waals surface area (Å²) >= 11 is 11.9. The molecule has 0 saturated heterocycles. The van der Waals surface area contributed by atoms with Gasteiger partial charge in [-0.05, 0) is 42.8 Å². The van der Waals surface area contributed by atoms with Crippen LogP contribution in [-0.4, -0.2) is 46.4 Å². The van der Waals surface area contributed by atoms with Crippen LogP contribution in [0.5, 0.6) is 0 Å². The molecule has 37 heavy (non-hydrogen) atoms. The van der Waals surface area contributed by atoms with Gasteiger partial charge in [0.15, 0.2) is 17.8 Å². The van der Waals surface area contributed by atoms with E-state index in [-0.39, 0.29) is 34.6 Å². The molecule has 0 aliphatic rings. The van der Waals surface area contributed by atoms with E-state index in [1.807, 2.05) is 0 Å². The molecule has 0 fully saturated rings. The van der Waals surface area contributed by atoms with Gasteiger partial charge in [-0.3, -0.25) is 9.13 Å². The van der Waals surface area contributed by atoms with E-state index < -0.39 is 36.4 Å². The zero-order chi connectivity index (χ0) is 27.1. The molecule has 0 radical (unpaired) electrons. The lowest BCUT2D eigenvalue weighted by Gasteiger charge is -2.16. The minimum atomic E-state index is -4.96. The number of rotatable bonds is 7. The number of nitrogens with zero attached hydrogens (tertiary/aromatic N) is 5. The minimum Gasteiger partial charge on any atom is -0.385 e. The highest BCUT2D eigenvalue weighted by Gasteiger charge is 2.39. The van der Waals surface area contributed by atoms with Gasteiger partial charge in [0.05, 0.1) is 24.5 Å². The van der Waals surface area contributed by atoms with Gasteiger partial charge < -0.3 is 10.2 Å². The highest BCUT2D eigenvalue weighted by Crippen LogP contribution is 2.26. The maximum atomic E-state index is 14.0. The molecule has 0 saturated carbocycles. The molecule has 2 aromatic carbocycles. The molecule has 0 amide bonds. The summed E-state index contributed by atoms with van der Waals surface area (Å²) in [6.07, 6.45) is -7.57. The second kappa shape index (κ2) is 10.3. The van der Waals surface area contributed by atoms with Gasteiger partial charge >= 0.3 is 11.9 Å². The first-order valence-electron chi connectivity index (χ1n) is 10.7. The van der Waals surface area contributed by atoms with Gasteiger partial charge in [0.1, 0.15) is 11.9 Å². The molecule has 1 unspecified atom stereocenters. The topological polar surface area (TPSA) is 98.1 Å². The molecule has 4 rings (SSSR count). The van der Waals surface area contributed by atoms with Crippen molar-refractivity contribution in [2.45, 2.75) is 38.4 Å². The molecule has 14 heteroatoms. The quantitative estimate of drug-likeness (QED) is 0.328. The fraction of sp³-hybridized carbons (Fsp3) is 0.261. The average molecular weight is 560 g/mol. The Labute approximate surface area is 216 Å². The highest BCUT2D eigenvalue weighted by atomic mass is 35.5. The van der Waals surface area contributed by atoms with Gasteiger partial charge in [-0.15, -0.1) is 5.10 Å². The summed E-state index contributed by atoms with van der Waals surface area (Å²) in [6.45, 7) is 0.0304. The van der Waals surface area contributed by atoms with Gasteiger partial charge in [-0.1, -0.05) is 35.3 Å². The summed E-state index contributed by atoms with van der Waals surface area (Å²) in [4.78, 5) is 17.5. The first-order valence-corrected chi connectivity index (χ1v) is 11.5. The van der Waals surface area contributed by atoms with Gasteiger partial charge in [0.25, 0.3) is 0 Å². The van der Waals surface area contributed by atoms with Crippen LogP contribution in [0.4, 0.5) is 17.6 Å². The highest BCUT2D eigenvalue weighted by molar-refractivity contribution is 6.31. The van der Waals surface area contributed by atoms with Crippen LogP contribution in [0.15, 0.2) is 53.5 Å². The van der Waals surface area contributed by atoms with Crippen LogP contribution in [0.25, 0.3) is 16.9 Å². The molecule has 4 aromatic rings. The molecule has 0 bridgehead atoms. The van der Waals surface area contributed by atoms with E-state index in [2.05, 4.69) is 10.1 Å². The van der Waals surface area contributed by atoms with Gasteiger partial charge in [0.2, 0.25) is 0 Å². The fourth-order valence-electron chi connectivity index (χ4n) is 3.61. The third kappa shape index (κ3) is 5.87. The van der Waals surface area contributed by atoms with Crippen LogP contribution in [0.2, 0.25) is 10.0 Å². The van der Waals surface area contributed by atoms with E-state index in [0.717, 1.165) is 21.3 Å². The van der Waals surface area contributed by atoms with Gasteiger partial charge in [-0.2, -0.15) is 13.2 Å². The van der Waals surface area contributed by atoms with Crippen molar-refractivity contribution in [3.63, 3.8) is 0 Å². The molecular formula is C23H19Cl2F4N5O3. The second-order valence-corrected chi connectivity index (χ2v) is 9.07. The van der Waals surface area contributed by atoms with Crippen LogP contribution in [0.3, 0.4) is 0 Å². The number of alkyl halides is 3. The Morgan fingerprint density at radius 2 is 1.73 bits per heavy atom. The Balaban J connectivity index is 1.83. The van der Waals surface area contributed by atoms with E-state index in [4.69, 9.17) is 23.2 Å². The first kappa shape index (κ1) is 26.9. The standard InChI is InChI=1S/C23H19Cl2F4N5O3/c1-12(35)21-30-20(34(31-21)17-7-15(25)6-16(26)8-17)11-32-9-18(13-2-4-14(24)5-3-13)33(22(32)37)10-19(36)23(27,28)29/h2-9,12,19,35-36H,10-11H2,1H3/t12-,19?/m0/s1. The molecule has 2 aromatic heterocycles. The lowest BCUT2D eigenvalue weighted by Crippen LogP contribution is -2.37. The van der Waals surface area contributed by atoms with Crippen molar-refractivity contribution in [3.8, 4) is 16.9 Å². The number of aromatic nitrogens is 5. The van der Waals surface area contributed by atoms with E-state index in [9.17, 15) is 32.6 Å². The summed E-state index contributed by atoms with van der Waals surface area (Å²) in [5.41, 5.74) is -0.269. The SMILES string of the molecule is C[C@H](O)c1nc(Cn2cc(-c3ccc(Cl)cc3)n(CC(O)C(F)(F)F)c2=O)n(-c2cc(F)cc(Cl)c2)n1. The predicted octanol–water partition coefficient (Wildman–Crippen LogP) is 4.37. The van der Waals surface area contributed by atoms with Crippen LogP contribution >= 0.6 is 23.2 Å². The fourth-order valence-corrected chi connectivity index (χ4v) is 3.95. The summed E-state index contributed by atoms with van der Waals surface area (Å²) in [6, 6.07) is 9.61. The normalized spacial score (nSPS) is 13.6. The molecule has 0 spiro atoms. The third-order valence-corrected chi connectivity index (χ3v) is 5.86. The van der Waals surface area contributed by atoms with Gasteiger partial charge in [0, 0.05) is 16.2 Å². The van der Waals surface area contributed by atoms with Gasteiger partial charge in [-0.25, -0.2) is 18.9 Å². The Kier molecular flexibility index (Phi) is 7.47. The zero-order valence-electron chi connectivity index (χ0n) is 19.0. The first-order chi connectivity index (χ1) is 17.3. The smallest absolute Gasteiger partial charge is 0.385 e. The van der Waals surface area contributed by atoms with E-state index in [1.54, 1.807) is 0 Å². The van der Waals surface area contributed by atoms with E-state index in [1.165, 1.54) is 48.1 Å². The van der Waals surface area contributed by atoms with Crippen LogP contribution in [0.1, 0.15) is 24.7 Å². The van der Waals surface area contributed by atoms with Crippen LogP contribution in [0, 0.1) is 5.82 Å². The average Bonchev–Trinajstić information content (AvgIpc) is 3.36. The van der Waals surface area contributed by atoms with E-state index >= 15 is 0 Å². The van der Waals surface area contributed by atoms with E-state index in [0.29, 0.717) is 10.6 Å². The number of aliphatic hydroxyl groups is 2. The Bertz CT molecular complexity index is 1460. The van der Waals surface area contributed by atoms with Crippen molar-refractivity contribution < 1.29 is 27.8 Å². The zero-order valence-corrected chi connectivity index (χ0v) is 20.5. The maximum absolute atomic E-state index is 14.0. The lowest BCUT2D eigenvalue weighted by molar-refractivity contribution is -0.207. The number of aliphatic hydroxyl groups excluding tert-OH is 2. The second-order valence-electron chi connectivity index (χ2n) is 8.20. The number of hydrogen-bond acceptors (Lipinski definition) is 5. The van der Waals surface area contributed by atoms with Crippen molar-refractivity contribution in [1.82, 2.24) is 23.9 Å². The van der Waals surface area contributed by atoms with Crippen molar-refractivity contribution in [2.75, 3.05) is 0 Å². The largest absolute Gasteiger partial charge is 0.416 e. The third-order valence-electron chi connectivity index (χ3n) is 5.39. The molecule has 2 N–H and O–H groups in total. The molecule has 0 aliphatic carbocycles. The minimum absolute atomic E-state index is 0.0340. The van der Waals surface area contributed by atoms with Crippen LogP contribution in [-0.2, 0) is 13.1 Å². The lowest BCUT2D eigenvalue weighted by atomic mass is 10.1. The van der Waals surface area contributed by atoms with Crippen molar-refractivity contribution in [3.05, 3.63) is 86.7 Å².